The highest BCUT2D eigenvalue weighted by Crippen LogP contribution is 2.41. The lowest BCUT2D eigenvalue weighted by Crippen LogP contribution is -2.33. The highest BCUT2D eigenvalue weighted by molar-refractivity contribution is 7.80. The molecule has 1 aliphatic rings. The van der Waals surface area contributed by atoms with E-state index in [0.717, 1.165) is 29.1 Å². The van der Waals surface area contributed by atoms with Gasteiger partial charge in [-0.1, -0.05) is 48.5 Å². The standard InChI is InChI=1S/C32H35N5OS/c1-21-13-14-22(2)28(18-21)34-29(38)15-17-36-31(30(35-32(36)39)27-12-8-9-16-33-27)26-19-23(3)37(24(26)4)20-25-10-6-5-7-11-25/h5-14,16,18-19,30-31H,15,17,20H2,1-4H3,(H,34,38)(H,35,39)/t30-,31+/m0/s1. The number of rotatable bonds is 8. The van der Waals surface area contributed by atoms with Crippen LogP contribution in [-0.2, 0) is 11.3 Å². The molecule has 4 aromatic rings. The van der Waals surface area contributed by atoms with Crippen LogP contribution in [0.2, 0.25) is 0 Å². The lowest BCUT2D eigenvalue weighted by atomic mass is 9.96. The van der Waals surface area contributed by atoms with Crippen LogP contribution in [-0.4, -0.2) is 32.0 Å². The molecule has 6 nitrogen and oxygen atoms in total. The van der Waals surface area contributed by atoms with Crippen LogP contribution in [0.1, 0.15) is 57.8 Å². The van der Waals surface area contributed by atoms with Gasteiger partial charge < -0.3 is 20.1 Å². The van der Waals surface area contributed by atoms with Gasteiger partial charge in [-0.3, -0.25) is 9.78 Å². The summed E-state index contributed by atoms with van der Waals surface area (Å²) in [4.78, 5) is 19.9. The van der Waals surface area contributed by atoms with Crippen LogP contribution in [0.4, 0.5) is 5.69 Å². The molecule has 2 aromatic heterocycles. The van der Waals surface area contributed by atoms with Crippen molar-refractivity contribution in [3.8, 4) is 0 Å². The average molecular weight is 538 g/mol. The first kappa shape index (κ1) is 26.6. The highest BCUT2D eigenvalue weighted by atomic mass is 32.1. The molecule has 0 unspecified atom stereocenters. The Hall–Kier alpha value is -3.97. The van der Waals surface area contributed by atoms with Crippen molar-refractivity contribution in [1.29, 1.82) is 0 Å². The van der Waals surface area contributed by atoms with Gasteiger partial charge in [-0.05, 0) is 86.4 Å². The maximum Gasteiger partial charge on any atom is 0.226 e. The molecular weight excluding hydrogens is 502 g/mol. The summed E-state index contributed by atoms with van der Waals surface area (Å²) < 4.78 is 2.35. The average Bonchev–Trinajstić information content (AvgIpc) is 3.41. The molecule has 0 radical (unpaired) electrons. The van der Waals surface area contributed by atoms with Crippen molar-refractivity contribution in [2.45, 2.75) is 52.7 Å². The van der Waals surface area contributed by atoms with Crippen LogP contribution in [0.15, 0.2) is 79.0 Å². The summed E-state index contributed by atoms with van der Waals surface area (Å²) in [6.07, 6.45) is 2.14. The summed E-state index contributed by atoms with van der Waals surface area (Å²) in [5.74, 6) is -0.0268. The lowest BCUT2D eigenvalue weighted by Gasteiger charge is -2.28. The van der Waals surface area contributed by atoms with Crippen molar-refractivity contribution >= 4 is 28.9 Å². The second kappa shape index (κ2) is 11.4. The van der Waals surface area contributed by atoms with Gasteiger partial charge in [0.2, 0.25) is 5.91 Å². The van der Waals surface area contributed by atoms with Gasteiger partial charge in [-0.15, -0.1) is 0 Å². The Morgan fingerprint density at radius 2 is 1.77 bits per heavy atom. The van der Waals surface area contributed by atoms with Gasteiger partial charge in [-0.2, -0.15) is 0 Å². The van der Waals surface area contributed by atoms with E-state index in [9.17, 15) is 4.79 Å². The van der Waals surface area contributed by atoms with Crippen molar-refractivity contribution in [3.05, 3.63) is 118 Å². The van der Waals surface area contributed by atoms with E-state index in [1.165, 1.54) is 22.5 Å². The Balaban J connectivity index is 1.43. The van der Waals surface area contributed by atoms with E-state index >= 15 is 0 Å². The van der Waals surface area contributed by atoms with Gasteiger partial charge in [0.15, 0.2) is 5.11 Å². The minimum atomic E-state index is -0.119. The molecule has 0 bridgehead atoms. The number of benzene rings is 2. The van der Waals surface area contributed by atoms with Gasteiger partial charge in [0.1, 0.15) is 0 Å². The predicted octanol–water partition coefficient (Wildman–Crippen LogP) is 6.17. The molecule has 39 heavy (non-hydrogen) atoms. The van der Waals surface area contributed by atoms with Crippen molar-refractivity contribution in [2.75, 3.05) is 11.9 Å². The summed E-state index contributed by atoms with van der Waals surface area (Å²) in [5.41, 5.74) is 8.79. The number of hydrogen-bond acceptors (Lipinski definition) is 3. The van der Waals surface area contributed by atoms with E-state index in [-0.39, 0.29) is 18.0 Å². The van der Waals surface area contributed by atoms with Gasteiger partial charge >= 0.3 is 0 Å². The zero-order chi connectivity index (χ0) is 27.5. The number of amides is 1. The van der Waals surface area contributed by atoms with Crippen LogP contribution in [0.3, 0.4) is 0 Å². The maximum absolute atomic E-state index is 13.0. The monoisotopic (exact) mass is 537 g/mol. The first-order valence-corrected chi connectivity index (χ1v) is 13.8. The molecule has 1 amide bonds. The van der Waals surface area contributed by atoms with Crippen LogP contribution < -0.4 is 10.6 Å². The largest absolute Gasteiger partial charge is 0.352 e. The zero-order valence-corrected chi connectivity index (χ0v) is 23.8. The van der Waals surface area contributed by atoms with Gasteiger partial charge in [0.25, 0.3) is 0 Å². The Labute approximate surface area is 236 Å². The number of aromatic nitrogens is 2. The minimum absolute atomic E-state index is 0.0268. The van der Waals surface area contributed by atoms with Crippen molar-refractivity contribution in [2.24, 2.45) is 0 Å². The number of aryl methyl sites for hydroxylation is 3. The van der Waals surface area contributed by atoms with Gasteiger partial charge in [0, 0.05) is 42.8 Å². The van der Waals surface area contributed by atoms with E-state index in [4.69, 9.17) is 12.2 Å². The van der Waals surface area contributed by atoms with E-state index in [0.29, 0.717) is 18.1 Å². The summed E-state index contributed by atoms with van der Waals surface area (Å²) in [6.45, 7) is 9.66. The molecule has 0 spiro atoms. The molecule has 5 rings (SSSR count). The normalized spacial score (nSPS) is 16.8. The molecular formula is C32H35N5OS. The van der Waals surface area contributed by atoms with Crippen molar-refractivity contribution in [1.82, 2.24) is 19.8 Å². The molecule has 1 aliphatic heterocycles. The van der Waals surface area contributed by atoms with Crippen LogP contribution in [0.5, 0.6) is 0 Å². The Kier molecular flexibility index (Phi) is 7.79. The van der Waals surface area contributed by atoms with E-state index in [1.54, 1.807) is 0 Å². The maximum atomic E-state index is 13.0. The Morgan fingerprint density at radius 1 is 1.00 bits per heavy atom. The minimum Gasteiger partial charge on any atom is -0.352 e. The third-order valence-electron chi connectivity index (χ3n) is 7.56. The molecule has 2 aromatic carbocycles. The van der Waals surface area contributed by atoms with E-state index in [2.05, 4.69) is 75.3 Å². The SMILES string of the molecule is Cc1ccc(C)c(NC(=O)CCN2C(=S)N[C@@H](c3ccccn3)[C@H]2c2cc(C)n(Cc3ccccc3)c2C)c1. The van der Waals surface area contributed by atoms with Gasteiger partial charge in [-0.25, -0.2) is 0 Å². The smallest absolute Gasteiger partial charge is 0.226 e. The number of nitrogens with zero attached hydrogens (tertiary/aromatic N) is 3. The summed E-state index contributed by atoms with van der Waals surface area (Å²) in [5, 5.41) is 7.25. The Bertz CT molecular complexity index is 1480. The second-order valence-electron chi connectivity index (χ2n) is 10.3. The molecule has 0 saturated carbocycles. The number of anilines is 1. The van der Waals surface area contributed by atoms with Crippen LogP contribution in [0.25, 0.3) is 0 Å². The first-order valence-electron chi connectivity index (χ1n) is 13.4. The summed E-state index contributed by atoms with van der Waals surface area (Å²) >= 11 is 5.85. The highest BCUT2D eigenvalue weighted by Gasteiger charge is 2.41. The lowest BCUT2D eigenvalue weighted by molar-refractivity contribution is -0.116. The first-order chi connectivity index (χ1) is 18.8. The van der Waals surface area contributed by atoms with Crippen molar-refractivity contribution < 1.29 is 4.79 Å². The van der Waals surface area contributed by atoms with E-state index < -0.39 is 0 Å². The number of nitrogens with one attached hydrogen (secondary N) is 2. The number of pyridine rings is 1. The third-order valence-corrected chi connectivity index (χ3v) is 7.91. The molecule has 3 heterocycles. The predicted molar refractivity (Wildman–Crippen MR) is 161 cm³/mol. The fraction of sp³-hybridized carbons (Fsp3) is 0.281. The Morgan fingerprint density at radius 3 is 2.51 bits per heavy atom. The molecule has 1 saturated heterocycles. The summed E-state index contributed by atoms with van der Waals surface area (Å²) in [7, 11) is 0. The molecule has 0 aliphatic carbocycles. The quantitative estimate of drug-likeness (QED) is 0.263. The van der Waals surface area contributed by atoms with Crippen molar-refractivity contribution in [3.63, 3.8) is 0 Å². The fourth-order valence-electron chi connectivity index (χ4n) is 5.43. The van der Waals surface area contributed by atoms with Crippen LogP contribution in [0, 0.1) is 27.7 Å². The second-order valence-corrected chi connectivity index (χ2v) is 10.7. The molecule has 1 fully saturated rings. The number of carbonyl (C=O) groups is 1. The molecule has 7 heteroatoms. The summed E-state index contributed by atoms with van der Waals surface area (Å²) in [6, 6.07) is 24.6. The molecule has 2 N–H and O–H groups in total. The zero-order valence-electron chi connectivity index (χ0n) is 22.9. The number of carbonyl (C=O) groups excluding carboxylic acids is 1. The van der Waals surface area contributed by atoms with Gasteiger partial charge in [0.05, 0.1) is 17.8 Å². The molecule has 200 valence electrons. The number of hydrogen-bond donors (Lipinski definition) is 2. The molecule has 2 atom stereocenters. The topological polar surface area (TPSA) is 62.2 Å². The number of thiocarbonyl (C=S) groups is 1. The van der Waals surface area contributed by atoms with E-state index in [1.807, 2.05) is 56.4 Å². The van der Waals surface area contributed by atoms with Crippen LogP contribution >= 0.6 is 12.2 Å². The fourth-order valence-corrected chi connectivity index (χ4v) is 5.76. The third kappa shape index (κ3) is 5.73.